The van der Waals surface area contributed by atoms with Gasteiger partial charge < -0.3 is 14.9 Å². The van der Waals surface area contributed by atoms with Crippen molar-refractivity contribution in [3.8, 4) is 0 Å². The van der Waals surface area contributed by atoms with Crippen LogP contribution < -0.4 is 0 Å². The molecule has 3 rings (SSSR count). The van der Waals surface area contributed by atoms with E-state index in [1.165, 1.54) is 24.5 Å². The van der Waals surface area contributed by atoms with Crippen LogP contribution in [0, 0.1) is 22.7 Å². The SMILES string of the molecule is CC(=O)OCC1=C[C@H](O)[C@]2(C)CC[C@@]3(C)CCC(C(C)C)=C3[C@H]2C[C@H]1O. The molecule has 0 aromatic rings. The average molecular weight is 363 g/mol. The monoisotopic (exact) mass is 362 g/mol. The fourth-order valence-corrected chi connectivity index (χ4v) is 5.57. The molecule has 1 fully saturated rings. The molecule has 0 aromatic carbocycles. The first kappa shape index (κ1) is 19.6. The summed E-state index contributed by atoms with van der Waals surface area (Å²) in [4.78, 5) is 11.2. The summed E-state index contributed by atoms with van der Waals surface area (Å²) in [5.41, 5.74) is 3.59. The van der Waals surface area contributed by atoms with Crippen molar-refractivity contribution in [3.05, 3.63) is 22.8 Å². The summed E-state index contributed by atoms with van der Waals surface area (Å²) in [6.07, 6.45) is 5.39. The van der Waals surface area contributed by atoms with E-state index in [4.69, 9.17) is 4.74 Å². The molecule has 0 bridgehead atoms. The minimum absolute atomic E-state index is 0.0592. The topological polar surface area (TPSA) is 66.8 Å². The van der Waals surface area contributed by atoms with Crippen LogP contribution in [-0.2, 0) is 9.53 Å². The Kier molecular flexibility index (Phi) is 5.13. The highest BCUT2D eigenvalue weighted by Crippen LogP contribution is 2.63. The van der Waals surface area contributed by atoms with Crippen molar-refractivity contribution in [2.24, 2.45) is 22.7 Å². The molecule has 0 spiro atoms. The van der Waals surface area contributed by atoms with Crippen molar-refractivity contribution < 1.29 is 19.7 Å². The number of hydrogen-bond acceptors (Lipinski definition) is 4. The van der Waals surface area contributed by atoms with Crippen molar-refractivity contribution in [2.75, 3.05) is 6.61 Å². The van der Waals surface area contributed by atoms with E-state index < -0.39 is 12.2 Å². The summed E-state index contributed by atoms with van der Waals surface area (Å²) >= 11 is 0. The van der Waals surface area contributed by atoms with Gasteiger partial charge in [-0.05, 0) is 54.9 Å². The number of carbonyl (C=O) groups excluding carboxylic acids is 1. The lowest BCUT2D eigenvalue weighted by molar-refractivity contribution is -0.140. The Morgan fingerprint density at radius 3 is 2.58 bits per heavy atom. The second-order valence-corrected chi connectivity index (χ2v) is 9.43. The molecule has 2 N–H and O–H groups in total. The number of ether oxygens (including phenoxy) is 1. The first-order chi connectivity index (χ1) is 12.1. The lowest BCUT2D eigenvalue weighted by Gasteiger charge is -2.51. The molecule has 0 unspecified atom stereocenters. The van der Waals surface area contributed by atoms with Crippen LogP contribution >= 0.6 is 0 Å². The summed E-state index contributed by atoms with van der Waals surface area (Å²) < 4.78 is 5.12. The fourth-order valence-electron chi connectivity index (χ4n) is 5.57. The largest absolute Gasteiger partial charge is 0.461 e. The molecular formula is C22H34O4. The lowest BCUT2D eigenvalue weighted by atomic mass is 9.54. The second kappa shape index (κ2) is 6.79. The Morgan fingerprint density at radius 1 is 1.27 bits per heavy atom. The highest BCUT2D eigenvalue weighted by atomic mass is 16.5. The molecule has 3 aliphatic rings. The maximum Gasteiger partial charge on any atom is 0.302 e. The standard InChI is InChI=1S/C22H34O4/c1-13(2)16-6-7-21(4)8-9-22(5)17(20(16)21)11-18(24)15(10-19(22)25)12-26-14(3)23/h10,13,17-19,24-25H,6-9,11-12H2,1-5H3/t17-,18-,19+,21-,22-/m1/s1. The van der Waals surface area contributed by atoms with Gasteiger partial charge in [0.05, 0.1) is 12.2 Å². The van der Waals surface area contributed by atoms with E-state index >= 15 is 0 Å². The highest BCUT2D eigenvalue weighted by molar-refractivity contribution is 5.66. The lowest BCUT2D eigenvalue weighted by Crippen LogP contribution is -2.46. The van der Waals surface area contributed by atoms with Gasteiger partial charge in [0.25, 0.3) is 0 Å². The number of carbonyl (C=O) groups is 1. The summed E-state index contributed by atoms with van der Waals surface area (Å²) in [7, 11) is 0. The summed E-state index contributed by atoms with van der Waals surface area (Å²) in [6.45, 7) is 10.5. The predicted molar refractivity (Wildman–Crippen MR) is 101 cm³/mol. The Hall–Kier alpha value is -1.13. The summed E-state index contributed by atoms with van der Waals surface area (Å²) in [5, 5.41) is 21.9. The van der Waals surface area contributed by atoms with E-state index in [1.807, 2.05) is 0 Å². The Bertz CT molecular complexity index is 647. The molecule has 5 atom stereocenters. The van der Waals surface area contributed by atoms with Crippen molar-refractivity contribution >= 4 is 5.97 Å². The Morgan fingerprint density at radius 2 is 1.96 bits per heavy atom. The molecule has 0 radical (unpaired) electrons. The van der Waals surface area contributed by atoms with Crippen molar-refractivity contribution in [3.63, 3.8) is 0 Å². The zero-order valence-electron chi connectivity index (χ0n) is 16.8. The van der Waals surface area contributed by atoms with Gasteiger partial charge in [0.1, 0.15) is 6.61 Å². The van der Waals surface area contributed by atoms with Crippen LogP contribution in [0.2, 0.25) is 0 Å². The maximum atomic E-state index is 11.2. The predicted octanol–water partition coefficient (Wildman–Crippen LogP) is 3.77. The number of rotatable bonds is 3. The van der Waals surface area contributed by atoms with Gasteiger partial charge in [-0.3, -0.25) is 4.79 Å². The van der Waals surface area contributed by atoms with Gasteiger partial charge in [0, 0.05) is 12.3 Å². The van der Waals surface area contributed by atoms with Crippen LogP contribution in [0.5, 0.6) is 0 Å². The van der Waals surface area contributed by atoms with Gasteiger partial charge in [-0.2, -0.15) is 0 Å². The van der Waals surface area contributed by atoms with Gasteiger partial charge in [0.2, 0.25) is 0 Å². The first-order valence-electron chi connectivity index (χ1n) is 10.0. The van der Waals surface area contributed by atoms with Gasteiger partial charge in [0.15, 0.2) is 0 Å². The number of fused-ring (bicyclic) bond motifs is 3. The van der Waals surface area contributed by atoms with E-state index in [0.717, 1.165) is 19.3 Å². The molecule has 0 heterocycles. The van der Waals surface area contributed by atoms with E-state index in [9.17, 15) is 15.0 Å². The van der Waals surface area contributed by atoms with Crippen LogP contribution in [0.3, 0.4) is 0 Å². The molecule has 4 nitrogen and oxygen atoms in total. The highest BCUT2D eigenvalue weighted by Gasteiger charge is 2.55. The van der Waals surface area contributed by atoms with Crippen LogP contribution in [-0.4, -0.2) is 35.0 Å². The molecule has 4 heteroatoms. The third-order valence-corrected chi connectivity index (χ3v) is 7.38. The molecule has 1 saturated carbocycles. The number of hydrogen-bond donors (Lipinski definition) is 2. The zero-order valence-corrected chi connectivity index (χ0v) is 16.8. The van der Waals surface area contributed by atoms with Gasteiger partial charge in [-0.25, -0.2) is 0 Å². The third-order valence-electron chi connectivity index (χ3n) is 7.38. The zero-order chi connectivity index (χ0) is 19.3. The molecule has 3 aliphatic carbocycles. The molecule has 26 heavy (non-hydrogen) atoms. The molecule has 0 aromatic heterocycles. The van der Waals surface area contributed by atoms with Gasteiger partial charge >= 0.3 is 5.97 Å². The van der Waals surface area contributed by atoms with Gasteiger partial charge in [-0.15, -0.1) is 0 Å². The minimum Gasteiger partial charge on any atom is -0.461 e. The first-order valence-corrected chi connectivity index (χ1v) is 10.0. The summed E-state index contributed by atoms with van der Waals surface area (Å²) in [6, 6.07) is 0. The van der Waals surface area contributed by atoms with Crippen LogP contribution in [0.15, 0.2) is 22.8 Å². The fraction of sp³-hybridized carbons (Fsp3) is 0.773. The van der Waals surface area contributed by atoms with Crippen LogP contribution in [0.25, 0.3) is 0 Å². The molecule has 0 amide bonds. The average Bonchev–Trinajstić information content (AvgIpc) is 2.87. The van der Waals surface area contributed by atoms with Gasteiger partial charge in [-0.1, -0.05) is 44.9 Å². The van der Waals surface area contributed by atoms with E-state index in [1.54, 1.807) is 6.08 Å². The number of esters is 1. The minimum atomic E-state index is -0.681. The number of aliphatic hydroxyl groups excluding tert-OH is 2. The second-order valence-electron chi connectivity index (χ2n) is 9.43. The smallest absolute Gasteiger partial charge is 0.302 e. The van der Waals surface area contributed by atoms with Crippen LogP contribution in [0.1, 0.15) is 66.7 Å². The van der Waals surface area contributed by atoms with E-state index in [-0.39, 0.29) is 29.3 Å². The quantitative estimate of drug-likeness (QED) is 0.592. The molecule has 0 aliphatic heterocycles. The third kappa shape index (κ3) is 3.16. The molecular weight excluding hydrogens is 328 g/mol. The van der Waals surface area contributed by atoms with E-state index in [2.05, 4.69) is 27.7 Å². The van der Waals surface area contributed by atoms with Crippen molar-refractivity contribution in [1.82, 2.24) is 0 Å². The number of allylic oxidation sites excluding steroid dienone is 2. The van der Waals surface area contributed by atoms with Crippen molar-refractivity contribution in [2.45, 2.75) is 78.9 Å². The van der Waals surface area contributed by atoms with E-state index in [0.29, 0.717) is 17.9 Å². The van der Waals surface area contributed by atoms with Crippen molar-refractivity contribution in [1.29, 1.82) is 0 Å². The summed E-state index contributed by atoms with van der Waals surface area (Å²) in [5.74, 6) is 0.297. The normalized spacial score (nSPS) is 40.0. The molecule has 0 saturated heterocycles. The Balaban J connectivity index is 2.01. The molecule has 146 valence electrons. The number of aliphatic hydroxyl groups is 2. The Labute approximate surface area is 157 Å². The maximum absolute atomic E-state index is 11.2. The van der Waals surface area contributed by atoms with Crippen LogP contribution in [0.4, 0.5) is 0 Å².